The summed E-state index contributed by atoms with van der Waals surface area (Å²) in [6.45, 7) is 2.51. The van der Waals surface area contributed by atoms with Crippen LogP contribution in [0.25, 0.3) is 11.4 Å². The minimum Gasteiger partial charge on any atom is -0.497 e. The molecule has 0 unspecified atom stereocenters. The lowest BCUT2D eigenvalue weighted by Gasteiger charge is -2.15. The number of methoxy groups -OCH3 is 1. The van der Waals surface area contributed by atoms with Gasteiger partial charge in [-0.1, -0.05) is 6.07 Å². The van der Waals surface area contributed by atoms with Crippen LogP contribution in [0.4, 0.5) is 0 Å². The van der Waals surface area contributed by atoms with E-state index in [0.29, 0.717) is 17.9 Å². The number of sulfonamides is 1. The molecule has 30 heavy (non-hydrogen) atoms. The van der Waals surface area contributed by atoms with Crippen LogP contribution in [0.15, 0.2) is 47.5 Å². The van der Waals surface area contributed by atoms with Gasteiger partial charge in [0.15, 0.2) is 0 Å². The molecule has 8 heteroatoms. The van der Waals surface area contributed by atoms with Crippen molar-refractivity contribution in [2.75, 3.05) is 13.7 Å². The highest BCUT2D eigenvalue weighted by Gasteiger charge is 2.23. The second-order valence-corrected chi connectivity index (χ2v) is 9.18. The van der Waals surface area contributed by atoms with Crippen LogP contribution in [-0.2, 0) is 29.4 Å². The predicted molar refractivity (Wildman–Crippen MR) is 115 cm³/mol. The summed E-state index contributed by atoms with van der Waals surface area (Å²) in [6, 6.07) is 10.8. The number of ether oxygens (including phenoxy) is 1. The van der Waals surface area contributed by atoms with Gasteiger partial charge >= 0.3 is 0 Å². The molecule has 158 valence electrons. The molecule has 3 aromatic rings. The lowest BCUT2D eigenvalue weighted by molar-refractivity contribution is 0.414. The van der Waals surface area contributed by atoms with Crippen LogP contribution in [0.2, 0.25) is 0 Å². The molecule has 0 amide bonds. The first-order valence-electron chi connectivity index (χ1n) is 10.1. The van der Waals surface area contributed by atoms with E-state index in [4.69, 9.17) is 9.84 Å². The van der Waals surface area contributed by atoms with Gasteiger partial charge in [-0.15, -0.1) is 0 Å². The van der Waals surface area contributed by atoms with Crippen LogP contribution >= 0.6 is 0 Å². The Bertz CT molecular complexity index is 1140. The molecule has 0 saturated carbocycles. The van der Waals surface area contributed by atoms with Gasteiger partial charge < -0.3 is 4.74 Å². The molecule has 1 aliphatic carbocycles. The average molecular weight is 427 g/mol. The first-order valence-corrected chi connectivity index (χ1v) is 11.6. The predicted octanol–water partition coefficient (Wildman–Crippen LogP) is 3.12. The second-order valence-electron chi connectivity index (χ2n) is 7.45. The highest BCUT2D eigenvalue weighted by Crippen LogP contribution is 2.30. The Morgan fingerprint density at radius 1 is 1.17 bits per heavy atom. The van der Waals surface area contributed by atoms with Gasteiger partial charge in [0, 0.05) is 24.0 Å². The normalized spacial score (nSPS) is 13.8. The fourth-order valence-electron chi connectivity index (χ4n) is 3.98. The standard InChI is InChI=1S/C22H26N4O3S/c1-16-15-17(29-2)10-11-21(16)30(27,28)24-13-14-26-20-9-4-3-7-18(20)22(25-26)19-8-5-6-12-23-19/h5-6,8,10-12,15,24H,3-4,7,9,13-14H2,1-2H3. The van der Waals surface area contributed by atoms with Crippen molar-refractivity contribution in [3.05, 3.63) is 59.4 Å². The molecule has 1 aromatic carbocycles. The van der Waals surface area contributed by atoms with Crippen LogP contribution in [0.1, 0.15) is 29.7 Å². The highest BCUT2D eigenvalue weighted by atomic mass is 32.2. The summed E-state index contributed by atoms with van der Waals surface area (Å²) in [7, 11) is -2.05. The number of benzene rings is 1. The quantitative estimate of drug-likeness (QED) is 0.627. The largest absolute Gasteiger partial charge is 0.497 e. The third-order valence-electron chi connectivity index (χ3n) is 5.45. The van der Waals surface area contributed by atoms with Crippen LogP contribution in [0.5, 0.6) is 5.75 Å². The van der Waals surface area contributed by atoms with E-state index < -0.39 is 10.0 Å². The minimum atomic E-state index is -3.61. The smallest absolute Gasteiger partial charge is 0.240 e. The zero-order valence-corrected chi connectivity index (χ0v) is 18.1. The number of aryl methyl sites for hydroxylation is 1. The van der Waals surface area contributed by atoms with E-state index in [2.05, 4.69) is 9.71 Å². The molecule has 0 radical (unpaired) electrons. The van der Waals surface area contributed by atoms with Gasteiger partial charge in [0.05, 0.1) is 24.2 Å². The van der Waals surface area contributed by atoms with E-state index in [1.165, 1.54) is 11.3 Å². The second kappa shape index (κ2) is 8.57. The van der Waals surface area contributed by atoms with Gasteiger partial charge in [0.1, 0.15) is 11.4 Å². The fraction of sp³-hybridized carbons (Fsp3) is 0.364. The number of pyridine rings is 1. The van der Waals surface area contributed by atoms with Gasteiger partial charge in [0.25, 0.3) is 0 Å². The summed E-state index contributed by atoms with van der Waals surface area (Å²) in [5.41, 5.74) is 4.87. The zero-order valence-electron chi connectivity index (χ0n) is 17.3. The Morgan fingerprint density at radius 3 is 2.73 bits per heavy atom. The highest BCUT2D eigenvalue weighted by molar-refractivity contribution is 7.89. The maximum absolute atomic E-state index is 12.8. The van der Waals surface area contributed by atoms with Gasteiger partial charge in [-0.05, 0) is 68.5 Å². The molecular weight excluding hydrogens is 400 g/mol. The number of fused-ring (bicyclic) bond motifs is 1. The summed E-state index contributed by atoms with van der Waals surface area (Å²) < 4.78 is 35.4. The number of nitrogens with zero attached hydrogens (tertiary/aromatic N) is 3. The number of rotatable bonds is 7. The van der Waals surface area contributed by atoms with E-state index in [1.807, 2.05) is 22.9 Å². The van der Waals surface area contributed by atoms with Crippen molar-refractivity contribution >= 4 is 10.0 Å². The van der Waals surface area contributed by atoms with Crippen LogP contribution in [0.3, 0.4) is 0 Å². The van der Waals surface area contributed by atoms with Gasteiger partial charge in [-0.2, -0.15) is 5.10 Å². The Hall–Kier alpha value is -2.71. The molecule has 0 aliphatic heterocycles. The molecule has 7 nitrogen and oxygen atoms in total. The molecular formula is C22H26N4O3S. The van der Waals surface area contributed by atoms with Gasteiger partial charge in [0.2, 0.25) is 10.0 Å². The van der Waals surface area contributed by atoms with E-state index in [1.54, 1.807) is 38.4 Å². The number of aromatic nitrogens is 3. The average Bonchev–Trinajstić information content (AvgIpc) is 3.13. The molecule has 4 rings (SSSR count). The summed E-state index contributed by atoms with van der Waals surface area (Å²) in [5, 5.41) is 4.80. The monoisotopic (exact) mass is 426 g/mol. The number of nitrogens with one attached hydrogen (secondary N) is 1. The van der Waals surface area contributed by atoms with Crippen molar-refractivity contribution < 1.29 is 13.2 Å². The van der Waals surface area contributed by atoms with Crippen molar-refractivity contribution in [3.8, 4) is 17.1 Å². The Balaban J connectivity index is 1.52. The third-order valence-corrected chi connectivity index (χ3v) is 7.07. The molecule has 2 aromatic heterocycles. The summed E-state index contributed by atoms with van der Waals surface area (Å²) in [6.07, 6.45) is 5.98. The third kappa shape index (κ3) is 4.11. The van der Waals surface area contributed by atoms with Crippen molar-refractivity contribution in [2.45, 2.75) is 44.0 Å². The van der Waals surface area contributed by atoms with Crippen molar-refractivity contribution in [1.82, 2.24) is 19.5 Å². The summed E-state index contributed by atoms with van der Waals surface area (Å²) >= 11 is 0. The summed E-state index contributed by atoms with van der Waals surface area (Å²) in [5.74, 6) is 0.636. The first kappa shape index (κ1) is 20.6. The van der Waals surface area contributed by atoms with Crippen molar-refractivity contribution in [1.29, 1.82) is 0 Å². The Morgan fingerprint density at radius 2 is 2.00 bits per heavy atom. The van der Waals surface area contributed by atoms with Crippen LogP contribution in [-0.4, -0.2) is 36.8 Å². The Labute approximate surface area is 177 Å². The topological polar surface area (TPSA) is 86.1 Å². The van der Waals surface area contributed by atoms with E-state index in [-0.39, 0.29) is 11.4 Å². The molecule has 0 atom stereocenters. The number of hydrogen-bond donors (Lipinski definition) is 1. The molecule has 2 heterocycles. The van der Waals surface area contributed by atoms with Crippen molar-refractivity contribution in [2.24, 2.45) is 0 Å². The van der Waals surface area contributed by atoms with Crippen LogP contribution in [0, 0.1) is 6.92 Å². The summed E-state index contributed by atoms with van der Waals surface area (Å²) in [4.78, 5) is 4.72. The molecule has 0 fully saturated rings. The SMILES string of the molecule is COc1ccc(S(=O)(=O)NCCn2nc(-c3ccccn3)c3c2CCCC3)c(C)c1. The maximum atomic E-state index is 12.8. The number of hydrogen-bond acceptors (Lipinski definition) is 5. The molecule has 0 saturated heterocycles. The van der Waals surface area contributed by atoms with Crippen molar-refractivity contribution in [3.63, 3.8) is 0 Å². The lowest BCUT2D eigenvalue weighted by Crippen LogP contribution is -2.28. The van der Waals surface area contributed by atoms with Crippen LogP contribution < -0.4 is 9.46 Å². The molecule has 1 N–H and O–H groups in total. The molecule has 0 bridgehead atoms. The minimum absolute atomic E-state index is 0.264. The van der Waals surface area contributed by atoms with Gasteiger partial charge in [-0.3, -0.25) is 9.67 Å². The molecule has 0 spiro atoms. The maximum Gasteiger partial charge on any atom is 0.240 e. The van der Waals surface area contributed by atoms with E-state index >= 15 is 0 Å². The fourth-order valence-corrected chi connectivity index (χ4v) is 5.22. The lowest BCUT2D eigenvalue weighted by atomic mass is 9.95. The molecule has 1 aliphatic rings. The van der Waals surface area contributed by atoms with E-state index in [0.717, 1.165) is 37.1 Å². The zero-order chi connectivity index (χ0) is 21.1. The Kier molecular flexibility index (Phi) is 5.87. The van der Waals surface area contributed by atoms with E-state index in [9.17, 15) is 8.42 Å². The first-order chi connectivity index (χ1) is 14.5. The van der Waals surface area contributed by atoms with Gasteiger partial charge in [-0.25, -0.2) is 13.1 Å².